The van der Waals surface area contributed by atoms with Crippen molar-refractivity contribution in [2.24, 2.45) is 0 Å². The van der Waals surface area contributed by atoms with E-state index in [1.54, 1.807) is 0 Å². The van der Waals surface area contributed by atoms with Crippen LogP contribution in [0.2, 0.25) is 0 Å². The maximum absolute atomic E-state index is 11.2. The molecule has 0 aromatic heterocycles. The first-order valence-electron chi connectivity index (χ1n) is 5.08. The topological polar surface area (TPSA) is 68.2 Å². The fourth-order valence-corrected chi connectivity index (χ4v) is 0.897. The molecule has 0 aromatic carbocycles. The van der Waals surface area contributed by atoms with E-state index < -0.39 is 0 Å². The first kappa shape index (κ1) is 13.9. The molecule has 0 aromatic rings. The van der Waals surface area contributed by atoms with Crippen molar-refractivity contribution in [1.29, 1.82) is 5.26 Å². The summed E-state index contributed by atoms with van der Waals surface area (Å²) < 4.78 is 0. The van der Waals surface area contributed by atoms with Crippen LogP contribution in [-0.2, 0) is 4.79 Å². The fourth-order valence-electron chi connectivity index (χ4n) is 0.897. The number of nitrogens with zero attached hydrogens (tertiary/aromatic N) is 2. The van der Waals surface area contributed by atoms with E-state index in [2.05, 4.69) is 22.5 Å². The number of carbonyl (C=O) groups excluding carboxylic acids is 1. The summed E-state index contributed by atoms with van der Waals surface area (Å²) in [6.07, 6.45) is 0.361. The van der Waals surface area contributed by atoms with Gasteiger partial charge < -0.3 is 15.5 Å². The van der Waals surface area contributed by atoms with E-state index in [1.165, 1.54) is 0 Å². The lowest BCUT2D eigenvalue weighted by molar-refractivity contribution is -0.120. The Morgan fingerprint density at radius 1 is 1.53 bits per heavy atom. The third-order valence-electron chi connectivity index (χ3n) is 2.17. The number of carbonyl (C=O) groups is 1. The van der Waals surface area contributed by atoms with Gasteiger partial charge in [-0.25, -0.2) is 0 Å². The predicted molar refractivity (Wildman–Crippen MR) is 59.3 cm³/mol. The summed E-state index contributed by atoms with van der Waals surface area (Å²) in [4.78, 5) is 13.3. The summed E-state index contributed by atoms with van der Waals surface area (Å²) in [5.74, 6) is -0.0591. The van der Waals surface area contributed by atoms with E-state index >= 15 is 0 Å². The Bertz CT molecular complexity index is 222. The van der Waals surface area contributed by atoms with Gasteiger partial charge in [0.1, 0.15) is 0 Å². The van der Waals surface area contributed by atoms with Crippen LogP contribution in [0.3, 0.4) is 0 Å². The van der Waals surface area contributed by atoms with Crippen molar-refractivity contribution in [3.63, 3.8) is 0 Å². The maximum atomic E-state index is 11.2. The van der Waals surface area contributed by atoms with Gasteiger partial charge in [-0.15, -0.1) is 0 Å². The molecule has 5 nitrogen and oxygen atoms in total. The van der Waals surface area contributed by atoms with Crippen molar-refractivity contribution >= 4 is 5.91 Å². The summed E-state index contributed by atoms with van der Waals surface area (Å²) in [6.45, 7) is 3.60. The summed E-state index contributed by atoms with van der Waals surface area (Å²) in [6, 6.07) is 2.37. The molecule has 1 unspecified atom stereocenters. The highest BCUT2D eigenvalue weighted by Crippen LogP contribution is 1.87. The van der Waals surface area contributed by atoms with E-state index in [9.17, 15) is 4.79 Å². The van der Waals surface area contributed by atoms with Gasteiger partial charge >= 0.3 is 0 Å². The van der Waals surface area contributed by atoms with Gasteiger partial charge in [0.15, 0.2) is 0 Å². The van der Waals surface area contributed by atoms with Gasteiger partial charge in [0.2, 0.25) is 5.91 Å². The molecule has 15 heavy (non-hydrogen) atoms. The summed E-state index contributed by atoms with van der Waals surface area (Å²) in [7, 11) is 4.00. The lowest BCUT2D eigenvalue weighted by atomic mass is 10.3. The number of hydrogen-bond donors (Lipinski definition) is 2. The highest BCUT2D eigenvalue weighted by atomic mass is 16.1. The number of rotatable bonds is 7. The Kier molecular flexibility index (Phi) is 7.60. The number of nitrogens with one attached hydrogen (secondary N) is 2. The Morgan fingerprint density at radius 3 is 2.73 bits per heavy atom. The average Bonchev–Trinajstić information content (AvgIpc) is 2.18. The highest BCUT2D eigenvalue weighted by Gasteiger charge is 2.05. The molecule has 2 N–H and O–H groups in total. The SMILES string of the molecule is CC(CNCC(=O)NCCC#N)N(C)C. The normalized spacial score (nSPS) is 12.2. The minimum absolute atomic E-state index is 0.0591. The van der Waals surface area contributed by atoms with Gasteiger partial charge in [-0.3, -0.25) is 4.79 Å². The van der Waals surface area contributed by atoms with Crippen molar-refractivity contribution in [2.75, 3.05) is 33.7 Å². The van der Waals surface area contributed by atoms with Crippen molar-refractivity contribution in [1.82, 2.24) is 15.5 Å². The van der Waals surface area contributed by atoms with Crippen molar-refractivity contribution in [3.05, 3.63) is 0 Å². The molecule has 1 amide bonds. The van der Waals surface area contributed by atoms with Crippen LogP contribution in [-0.4, -0.2) is 50.6 Å². The predicted octanol–water partition coefficient (Wildman–Crippen LogP) is -0.444. The monoisotopic (exact) mass is 212 g/mol. The summed E-state index contributed by atoms with van der Waals surface area (Å²) >= 11 is 0. The second-order valence-corrected chi connectivity index (χ2v) is 3.70. The molecule has 5 heteroatoms. The molecule has 0 saturated heterocycles. The van der Waals surface area contributed by atoms with Gasteiger partial charge in [0.25, 0.3) is 0 Å². The Balaban J connectivity index is 3.43. The summed E-state index contributed by atoms with van der Waals surface area (Å²) in [5, 5.41) is 14.0. The lowest BCUT2D eigenvalue weighted by Crippen LogP contribution is -2.40. The molecular weight excluding hydrogens is 192 g/mol. The number of hydrogen-bond acceptors (Lipinski definition) is 4. The van der Waals surface area contributed by atoms with Crippen LogP contribution >= 0.6 is 0 Å². The average molecular weight is 212 g/mol. The molecule has 1 atom stereocenters. The lowest BCUT2D eigenvalue weighted by Gasteiger charge is -2.19. The molecule has 0 saturated carbocycles. The first-order valence-corrected chi connectivity index (χ1v) is 5.08. The van der Waals surface area contributed by atoms with E-state index in [-0.39, 0.29) is 5.91 Å². The zero-order valence-corrected chi connectivity index (χ0v) is 9.71. The Morgan fingerprint density at radius 2 is 2.20 bits per heavy atom. The second kappa shape index (κ2) is 8.21. The number of likely N-dealkylation sites (N-methyl/N-ethyl adjacent to an activating group) is 1. The van der Waals surface area contributed by atoms with Gasteiger partial charge in [0, 0.05) is 19.1 Å². The number of nitriles is 1. The van der Waals surface area contributed by atoms with Crippen LogP contribution in [0.5, 0.6) is 0 Å². The zero-order chi connectivity index (χ0) is 11.7. The van der Waals surface area contributed by atoms with Crippen molar-refractivity contribution in [2.45, 2.75) is 19.4 Å². The molecule has 86 valence electrons. The van der Waals surface area contributed by atoms with Gasteiger partial charge in [0.05, 0.1) is 19.0 Å². The van der Waals surface area contributed by atoms with E-state index in [1.807, 2.05) is 20.2 Å². The van der Waals surface area contributed by atoms with Crippen molar-refractivity contribution < 1.29 is 4.79 Å². The van der Waals surface area contributed by atoms with E-state index in [0.717, 1.165) is 6.54 Å². The molecular formula is C10H20N4O. The third kappa shape index (κ3) is 7.91. The van der Waals surface area contributed by atoms with Crippen LogP contribution in [0.25, 0.3) is 0 Å². The van der Waals surface area contributed by atoms with Gasteiger partial charge in [-0.1, -0.05) is 0 Å². The zero-order valence-electron chi connectivity index (χ0n) is 9.71. The van der Waals surface area contributed by atoms with Crippen LogP contribution in [0.15, 0.2) is 0 Å². The smallest absolute Gasteiger partial charge is 0.233 e. The first-order chi connectivity index (χ1) is 7.07. The number of amides is 1. The molecule has 0 bridgehead atoms. The van der Waals surface area contributed by atoms with Gasteiger partial charge in [-0.2, -0.15) is 5.26 Å². The molecule has 0 aliphatic rings. The second-order valence-electron chi connectivity index (χ2n) is 3.70. The fraction of sp³-hybridized carbons (Fsp3) is 0.800. The standard InChI is InChI=1S/C10H20N4O/c1-9(14(2)3)7-12-8-10(15)13-6-4-5-11/h9,12H,4,6-8H2,1-3H3,(H,13,15). The Labute approximate surface area is 91.4 Å². The molecule has 0 aliphatic heterocycles. The minimum Gasteiger partial charge on any atom is -0.354 e. The van der Waals surface area contributed by atoms with Crippen LogP contribution in [0, 0.1) is 11.3 Å². The maximum Gasteiger partial charge on any atom is 0.233 e. The van der Waals surface area contributed by atoms with Crippen LogP contribution in [0.4, 0.5) is 0 Å². The van der Waals surface area contributed by atoms with Crippen LogP contribution < -0.4 is 10.6 Å². The molecule has 0 radical (unpaired) electrons. The molecule has 0 aliphatic carbocycles. The van der Waals surface area contributed by atoms with Gasteiger partial charge in [-0.05, 0) is 21.0 Å². The minimum atomic E-state index is -0.0591. The van der Waals surface area contributed by atoms with Crippen LogP contribution in [0.1, 0.15) is 13.3 Å². The third-order valence-corrected chi connectivity index (χ3v) is 2.17. The highest BCUT2D eigenvalue weighted by molar-refractivity contribution is 5.77. The molecule has 0 spiro atoms. The Hall–Kier alpha value is -1.12. The van der Waals surface area contributed by atoms with E-state index in [0.29, 0.717) is 25.6 Å². The largest absolute Gasteiger partial charge is 0.354 e. The summed E-state index contributed by atoms with van der Waals surface area (Å²) in [5.41, 5.74) is 0. The quantitative estimate of drug-likeness (QED) is 0.561. The molecule has 0 heterocycles. The molecule has 0 rings (SSSR count). The van der Waals surface area contributed by atoms with E-state index in [4.69, 9.17) is 5.26 Å². The van der Waals surface area contributed by atoms with Crippen molar-refractivity contribution in [3.8, 4) is 6.07 Å². The molecule has 0 fully saturated rings.